The highest BCUT2D eigenvalue weighted by atomic mass is 32.2. The molecule has 2 heterocycles. The first-order valence-corrected chi connectivity index (χ1v) is 11.3. The number of fused-ring (bicyclic) bond motifs is 1. The Kier molecular flexibility index (Phi) is 5.93. The number of halogens is 3. The molecule has 7 nitrogen and oxygen atoms in total. The molecule has 0 aliphatic heterocycles. The molecule has 0 N–H and O–H groups in total. The van der Waals surface area contributed by atoms with E-state index in [9.17, 15) is 21.6 Å². The Bertz CT molecular complexity index is 1530. The summed E-state index contributed by atoms with van der Waals surface area (Å²) in [7, 11) is -2.56. The molecular weight excluding hydrogens is 469 g/mol. The van der Waals surface area contributed by atoms with Gasteiger partial charge in [-0.05, 0) is 47.2 Å². The van der Waals surface area contributed by atoms with Crippen LogP contribution in [0.25, 0.3) is 26.9 Å². The van der Waals surface area contributed by atoms with Gasteiger partial charge in [-0.3, -0.25) is 4.98 Å². The molecule has 0 amide bonds. The van der Waals surface area contributed by atoms with Gasteiger partial charge in [0.25, 0.3) is 0 Å². The minimum Gasteiger partial charge on any atom is -0.496 e. The second-order valence-corrected chi connectivity index (χ2v) is 9.17. The second kappa shape index (κ2) is 8.72. The van der Waals surface area contributed by atoms with E-state index in [-0.39, 0.29) is 33.3 Å². The molecule has 0 radical (unpaired) electrons. The molecule has 0 unspecified atom stereocenters. The molecule has 0 aliphatic carbocycles. The van der Waals surface area contributed by atoms with E-state index < -0.39 is 21.6 Å². The van der Waals surface area contributed by atoms with E-state index in [0.29, 0.717) is 16.5 Å². The van der Waals surface area contributed by atoms with Crippen LogP contribution in [-0.2, 0) is 21.8 Å². The van der Waals surface area contributed by atoms with E-state index in [1.807, 2.05) is 0 Å². The van der Waals surface area contributed by atoms with Crippen molar-refractivity contribution in [3.63, 3.8) is 0 Å². The summed E-state index contributed by atoms with van der Waals surface area (Å²) in [5.41, 5.74) is 0.0590. The van der Waals surface area contributed by atoms with E-state index >= 15 is 0 Å². The number of rotatable bonds is 5. The molecule has 0 atom stereocenters. The van der Waals surface area contributed by atoms with Crippen LogP contribution in [0.2, 0.25) is 0 Å². The normalized spacial score (nSPS) is 11.9. The number of sulfone groups is 1. The molecule has 0 saturated heterocycles. The van der Waals surface area contributed by atoms with Crippen molar-refractivity contribution in [1.82, 2.24) is 15.0 Å². The molecule has 34 heavy (non-hydrogen) atoms. The predicted octanol–water partition coefficient (Wildman–Crippen LogP) is 5.24. The summed E-state index contributed by atoms with van der Waals surface area (Å²) in [6, 6.07) is 8.72. The molecule has 0 aliphatic rings. The van der Waals surface area contributed by atoms with Gasteiger partial charge in [0.15, 0.2) is 9.84 Å². The first-order chi connectivity index (χ1) is 16.1. The van der Waals surface area contributed by atoms with Crippen LogP contribution in [0, 0.1) is 6.57 Å². The average Bonchev–Trinajstić information content (AvgIpc) is 2.82. The number of hydrogen-bond donors (Lipinski definition) is 0. The van der Waals surface area contributed by atoms with Crippen LogP contribution in [0.4, 0.5) is 18.9 Å². The maximum atomic E-state index is 13.1. The SMILES string of the molecule is [C-]#[N+]c1cnc(-c2ccc(C(F)(F)F)cc2OC)c2ccc(S(=O)(=O)Cc3ccncn3)cc12. The van der Waals surface area contributed by atoms with Gasteiger partial charge in [-0.15, -0.1) is 0 Å². The molecule has 0 spiro atoms. The number of pyridine rings is 1. The Balaban J connectivity index is 1.87. The first kappa shape index (κ1) is 23.1. The molecule has 172 valence electrons. The van der Waals surface area contributed by atoms with Crippen LogP contribution >= 0.6 is 0 Å². The third-order valence-electron chi connectivity index (χ3n) is 5.08. The summed E-state index contributed by atoms with van der Waals surface area (Å²) >= 11 is 0. The van der Waals surface area contributed by atoms with Crippen LogP contribution in [0.5, 0.6) is 5.75 Å². The van der Waals surface area contributed by atoms with E-state index in [1.165, 1.54) is 56.2 Å². The highest BCUT2D eigenvalue weighted by Gasteiger charge is 2.31. The van der Waals surface area contributed by atoms with Gasteiger partial charge in [0, 0.05) is 18.0 Å². The summed E-state index contributed by atoms with van der Waals surface area (Å²) in [5, 5.41) is 0.693. The van der Waals surface area contributed by atoms with Crippen molar-refractivity contribution in [1.29, 1.82) is 0 Å². The summed E-state index contributed by atoms with van der Waals surface area (Å²) in [6.07, 6.45) is -0.618. The third kappa shape index (κ3) is 4.40. The van der Waals surface area contributed by atoms with Gasteiger partial charge in [0.05, 0.1) is 41.3 Å². The van der Waals surface area contributed by atoms with Crippen LogP contribution in [0.15, 0.2) is 66.1 Å². The van der Waals surface area contributed by atoms with Crippen LogP contribution in [-0.4, -0.2) is 30.5 Å². The number of ether oxygens (including phenoxy) is 1. The molecule has 11 heteroatoms. The van der Waals surface area contributed by atoms with Gasteiger partial charge in [0.2, 0.25) is 5.69 Å². The van der Waals surface area contributed by atoms with Crippen molar-refractivity contribution in [2.45, 2.75) is 16.8 Å². The minimum atomic E-state index is -4.55. The number of nitrogens with zero attached hydrogens (tertiary/aromatic N) is 4. The van der Waals surface area contributed by atoms with Crippen molar-refractivity contribution in [3.05, 3.63) is 83.9 Å². The smallest absolute Gasteiger partial charge is 0.416 e. The van der Waals surface area contributed by atoms with E-state index in [4.69, 9.17) is 11.3 Å². The zero-order valence-electron chi connectivity index (χ0n) is 17.5. The topological polar surface area (TPSA) is 86.4 Å². The molecule has 0 saturated carbocycles. The third-order valence-corrected chi connectivity index (χ3v) is 6.73. The van der Waals surface area contributed by atoms with Gasteiger partial charge < -0.3 is 4.74 Å². The molecule has 2 aromatic carbocycles. The van der Waals surface area contributed by atoms with Gasteiger partial charge in [-0.25, -0.2) is 23.2 Å². The maximum Gasteiger partial charge on any atom is 0.416 e. The van der Waals surface area contributed by atoms with Crippen molar-refractivity contribution in [2.75, 3.05) is 7.11 Å². The Labute approximate surface area is 192 Å². The molecule has 2 aromatic heterocycles. The van der Waals surface area contributed by atoms with Crippen molar-refractivity contribution < 1.29 is 26.3 Å². The van der Waals surface area contributed by atoms with Gasteiger partial charge >= 0.3 is 6.18 Å². The van der Waals surface area contributed by atoms with Crippen LogP contribution in [0.3, 0.4) is 0 Å². The summed E-state index contributed by atoms with van der Waals surface area (Å²) in [6.45, 7) is 7.45. The zero-order chi connectivity index (χ0) is 24.5. The molecule has 0 fully saturated rings. The maximum absolute atomic E-state index is 13.1. The largest absolute Gasteiger partial charge is 0.496 e. The second-order valence-electron chi connectivity index (χ2n) is 7.18. The summed E-state index contributed by atoms with van der Waals surface area (Å²) in [4.78, 5) is 15.4. The lowest BCUT2D eigenvalue weighted by molar-refractivity contribution is -0.137. The number of hydrogen-bond acceptors (Lipinski definition) is 6. The van der Waals surface area contributed by atoms with Gasteiger partial charge in [0.1, 0.15) is 12.1 Å². The van der Waals surface area contributed by atoms with Gasteiger partial charge in [-0.1, -0.05) is 6.07 Å². The number of methoxy groups -OCH3 is 1. The van der Waals surface area contributed by atoms with E-state index in [0.717, 1.165) is 12.1 Å². The van der Waals surface area contributed by atoms with Gasteiger partial charge in [-0.2, -0.15) is 13.2 Å². The molecule has 4 aromatic rings. The van der Waals surface area contributed by atoms with Crippen molar-refractivity contribution >= 4 is 26.3 Å². The molecular formula is C23H15F3N4O3S. The number of aromatic nitrogens is 3. The summed E-state index contributed by atoms with van der Waals surface area (Å²) in [5.74, 6) is -0.418. The lowest BCUT2D eigenvalue weighted by atomic mass is 10.0. The standard InChI is InChI=1S/C23H15F3N4O3S/c1-27-20-11-29-22(18-5-3-14(23(24,25)26)9-21(18)33-2)17-6-4-16(10-19(17)20)34(31,32)12-15-7-8-28-13-30-15/h3-11,13H,12H2,2H3. The minimum absolute atomic E-state index is 0.0277. The lowest BCUT2D eigenvalue weighted by Gasteiger charge is -2.15. The average molecular weight is 484 g/mol. The molecule has 0 bridgehead atoms. The number of alkyl halides is 3. The van der Waals surface area contributed by atoms with Crippen molar-refractivity contribution in [2.24, 2.45) is 0 Å². The predicted molar refractivity (Wildman–Crippen MR) is 118 cm³/mol. The zero-order valence-corrected chi connectivity index (χ0v) is 18.4. The van der Waals surface area contributed by atoms with Crippen molar-refractivity contribution in [3.8, 4) is 17.0 Å². The Hall–Kier alpha value is -4.04. The fourth-order valence-electron chi connectivity index (χ4n) is 3.45. The Morgan fingerprint density at radius 2 is 1.85 bits per heavy atom. The monoisotopic (exact) mass is 484 g/mol. The van der Waals surface area contributed by atoms with Crippen LogP contribution < -0.4 is 4.74 Å². The van der Waals surface area contributed by atoms with Crippen LogP contribution in [0.1, 0.15) is 11.3 Å². The molecule has 4 rings (SSSR count). The van der Waals surface area contributed by atoms with E-state index in [1.54, 1.807) is 0 Å². The number of benzene rings is 2. The first-order valence-electron chi connectivity index (χ1n) is 9.67. The highest BCUT2D eigenvalue weighted by molar-refractivity contribution is 7.90. The highest BCUT2D eigenvalue weighted by Crippen LogP contribution is 2.40. The lowest BCUT2D eigenvalue weighted by Crippen LogP contribution is -2.07. The fourth-order valence-corrected chi connectivity index (χ4v) is 4.75. The fraction of sp³-hybridized carbons (Fsp3) is 0.130. The Morgan fingerprint density at radius 3 is 2.50 bits per heavy atom. The van der Waals surface area contributed by atoms with E-state index in [2.05, 4.69) is 19.8 Å². The quantitative estimate of drug-likeness (QED) is 0.360. The Morgan fingerprint density at radius 1 is 1.06 bits per heavy atom. The summed E-state index contributed by atoms with van der Waals surface area (Å²) < 4.78 is 70.5.